The molecule has 2 heterocycles. The van der Waals surface area contributed by atoms with Crippen molar-refractivity contribution < 1.29 is 4.79 Å². The number of aromatic nitrogens is 3. The van der Waals surface area contributed by atoms with Crippen LogP contribution in [0, 0.1) is 0 Å². The van der Waals surface area contributed by atoms with E-state index in [0.717, 1.165) is 0 Å². The second kappa shape index (κ2) is 5.34. The Morgan fingerprint density at radius 3 is 2.57 bits per heavy atom. The van der Waals surface area contributed by atoms with E-state index in [4.69, 9.17) is 11.6 Å². The van der Waals surface area contributed by atoms with Gasteiger partial charge in [0.25, 0.3) is 5.91 Å². The average Bonchev–Trinajstić information content (AvgIpc) is 2.48. The normalized spacial score (nSPS) is 10.5. The van der Waals surface area contributed by atoms with E-state index in [0.29, 0.717) is 11.0 Å². The summed E-state index contributed by atoms with van der Waals surface area (Å²) in [6.45, 7) is 0. The average molecular weight is 301 g/mol. The van der Waals surface area contributed by atoms with Gasteiger partial charge >= 0.3 is 0 Å². The molecule has 0 radical (unpaired) electrons. The number of carbonyl (C=O) groups is 1. The zero-order chi connectivity index (χ0) is 14.8. The van der Waals surface area contributed by atoms with Crippen molar-refractivity contribution in [2.24, 2.45) is 0 Å². The molecule has 1 amide bonds. The summed E-state index contributed by atoms with van der Waals surface area (Å²) in [6, 6.07) is 8.40. The standard InChI is InChI=1S/C14H9ClN4O2/c15-12-13(18-10-4-2-1-3-9(10)17-12)19-14(21)8-7-16-6-5-11(8)20/h1-7H,(H,16,20)(H,18,19,21). The predicted molar refractivity (Wildman–Crippen MR) is 79.6 cm³/mol. The molecule has 0 aliphatic carbocycles. The summed E-state index contributed by atoms with van der Waals surface area (Å²) in [4.78, 5) is 34.7. The third-order valence-electron chi connectivity index (χ3n) is 2.83. The van der Waals surface area contributed by atoms with Crippen LogP contribution in [0.25, 0.3) is 11.0 Å². The molecule has 0 fully saturated rings. The lowest BCUT2D eigenvalue weighted by molar-refractivity contribution is 0.102. The van der Waals surface area contributed by atoms with Crippen molar-refractivity contribution >= 4 is 34.4 Å². The van der Waals surface area contributed by atoms with Gasteiger partial charge in [-0.3, -0.25) is 9.59 Å². The second-order valence-electron chi connectivity index (χ2n) is 4.23. The fraction of sp³-hybridized carbons (Fsp3) is 0. The molecule has 0 atom stereocenters. The molecule has 7 heteroatoms. The molecule has 0 aliphatic heterocycles. The Labute approximate surface area is 123 Å². The lowest BCUT2D eigenvalue weighted by atomic mass is 10.2. The third-order valence-corrected chi connectivity index (χ3v) is 3.09. The van der Waals surface area contributed by atoms with Gasteiger partial charge in [-0.05, 0) is 12.1 Å². The number of aromatic amines is 1. The Morgan fingerprint density at radius 2 is 1.86 bits per heavy atom. The molecule has 3 rings (SSSR count). The monoisotopic (exact) mass is 300 g/mol. The molecule has 104 valence electrons. The summed E-state index contributed by atoms with van der Waals surface area (Å²) in [5.41, 5.74) is 0.803. The lowest BCUT2D eigenvalue weighted by Crippen LogP contribution is -2.21. The van der Waals surface area contributed by atoms with Crippen LogP contribution in [0.2, 0.25) is 5.15 Å². The van der Waals surface area contributed by atoms with Gasteiger partial charge in [0.2, 0.25) is 0 Å². The minimum Gasteiger partial charge on any atom is -0.367 e. The summed E-state index contributed by atoms with van der Waals surface area (Å²) in [5.74, 6) is -0.480. The SMILES string of the molecule is O=C(Nc1nc2ccccc2nc1Cl)c1c[nH]ccc1=O. The van der Waals surface area contributed by atoms with Crippen molar-refractivity contribution in [3.8, 4) is 0 Å². The molecule has 3 aromatic rings. The highest BCUT2D eigenvalue weighted by molar-refractivity contribution is 6.32. The maximum atomic E-state index is 12.1. The third kappa shape index (κ3) is 2.61. The van der Waals surface area contributed by atoms with E-state index in [-0.39, 0.29) is 16.5 Å². The molecule has 1 aromatic carbocycles. The number of rotatable bonds is 2. The van der Waals surface area contributed by atoms with Crippen LogP contribution in [0.1, 0.15) is 10.4 Å². The maximum absolute atomic E-state index is 12.1. The molecule has 0 saturated carbocycles. The van der Waals surface area contributed by atoms with Crippen LogP contribution >= 0.6 is 11.6 Å². The van der Waals surface area contributed by atoms with E-state index < -0.39 is 11.3 Å². The number of pyridine rings is 1. The highest BCUT2D eigenvalue weighted by Gasteiger charge is 2.14. The van der Waals surface area contributed by atoms with Crippen molar-refractivity contribution in [3.63, 3.8) is 0 Å². The number of fused-ring (bicyclic) bond motifs is 1. The van der Waals surface area contributed by atoms with E-state index in [1.165, 1.54) is 18.5 Å². The van der Waals surface area contributed by atoms with Crippen LogP contribution in [-0.2, 0) is 0 Å². The highest BCUT2D eigenvalue weighted by atomic mass is 35.5. The maximum Gasteiger partial charge on any atom is 0.262 e. The molecular weight excluding hydrogens is 292 g/mol. The Hall–Kier alpha value is -2.73. The van der Waals surface area contributed by atoms with E-state index in [9.17, 15) is 9.59 Å². The number of para-hydroxylation sites is 2. The number of hydrogen-bond donors (Lipinski definition) is 2. The molecular formula is C14H9ClN4O2. The summed E-state index contributed by atoms with van der Waals surface area (Å²) >= 11 is 6.00. The smallest absolute Gasteiger partial charge is 0.262 e. The van der Waals surface area contributed by atoms with Crippen molar-refractivity contribution in [1.82, 2.24) is 15.0 Å². The number of nitrogens with zero attached hydrogens (tertiary/aromatic N) is 2. The predicted octanol–water partition coefficient (Wildman–Crippen LogP) is 2.22. The minimum atomic E-state index is -0.594. The highest BCUT2D eigenvalue weighted by Crippen LogP contribution is 2.21. The molecule has 21 heavy (non-hydrogen) atoms. The summed E-state index contributed by atoms with van der Waals surface area (Å²) in [7, 11) is 0. The first-order valence-electron chi connectivity index (χ1n) is 6.06. The van der Waals surface area contributed by atoms with Gasteiger partial charge in [-0.1, -0.05) is 23.7 Å². The summed E-state index contributed by atoms with van der Waals surface area (Å²) in [6.07, 6.45) is 2.77. The fourth-order valence-electron chi connectivity index (χ4n) is 1.83. The quantitative estimate of drug-likeness (QED) is 0.759. The lowest BCUT2D eigenvalue weighted by Gasteiger charge is -2.06. The van der Waals surface area contributed by atoms with E-state index >= 15 is 0 Å². The number of benzene rings is 1. The fourth-order valence-corrected chi connectivity index (χ4v) is 2.01. The Balaban J connectivity index is 1.98. The molecule has 2 aromatic heterocycles. The van der Waals surface area contributed by atoms with Crippen molar-refractivity contribution in [2.75, 3.05) is 5.32 Å². The first kappa shape index (κ1) is 13.3. The molecule has 0 spiro atoms. The zero-order valence-corrected chi connectivity index (χ0v) is 11.4. The van der Waals surface area contributed by atoms with E-state index in [2.05, 4.69) is 20.3 Å². The minimum absolute atomic E-state index is 0.0245. The number of carbonyl (C=O) groups excluding carboxylic acids is 1. The first-order chi connectivity index (χ1) is 10.1. The molecule has 0 unspecified atom stereocenters. The van der Waals surface area contributed by atoms with Crippen LogP contribution in [0.4, 0.5) is 5.82 Å². The molecule has 0 saturated heterocycles. The van der Waals surface area contributed by atoms with E-state index in [1.807, 2.05) is 6.07 Å². The largest absolute Gasteiger partial charge is 0.367 e. The van der Waals surface area contributed by atoms with Crippen LogP contribution in [0.3, 0.4) is 0 Å². The summed E-state index contributed by atoms with van der Waals surface area (Å²) < 4.78 is 0. The number of H-pyrrole nitrogens is 1. The molecule has 0 aliphatic rings. The Morgan fingerprint density at radius 1 is 1.14 bits per heavy atom. The van der Waals surface area contributed by atoms with Gasteiger partial charge in [-0.25, -0.2) is 9.97 Å². The number of amides is 1. The molecule has 2 N–H and O–H groups in total. The number of hydrogen-bond acceptors (Lipinski definition) is 4. The van der Waals surface area contributed by atoms with Gasteiger partial charge in [-0.2, -0.15) is 0 Å². The van der Waals surface area contributed by atoms with Gasteiger partial charge in [0.1, 0.15) is 5.56 Å². The number of halogens is 1. The van der Waals surface area contributed by atoms with Crippen LogP contribution in [0.15, 0.2) is 47.5 Å². The van der Waals surface area contributed by atoms with Crippen molar-refractivity contribution in [2.45, 2.75) is 0 Å². The Bertz CT molecular complexity index is 891. The van der Waals surface area contributed by atoms with Gasteiger partial charge in [0.15, 0.2) is 16.4 Å². The van der Waals surface area contributed by atoms with Crippen LogP contribution < -0.4 is 10.7 Å². The van der Waals surface area contributed by atoms with Gasteiger partial charge in [0, 0.05) is 18.5 Å². The van der Waals surface area contributed by atoms with Gasteiger partial charge in [-0.15, -0.1) is 0 Å². The van der Waals surface area contributed by atoms with Crippen molar-refractivity contribution in [1.29, 1.82) is 0 Å². The van der Waals surface area contributed by atoms with Crippen LogP contribution in [0.5, 0.6) is 0 Å². The Kier molecular flexibility index (Phi) is 3.37. The number of anilines is 1. The topological polar surface area (TPSA) is 87.7 Å². The molecule has 6 nitrogen and oxygen atoms in total. The zero-order valence-electron chi connectivity index (χ0n) is 10.6. The second-order valence-corrected chi connectivity index (χ2v) is 4.59. The first-order valence-corrected chi connectivity index (χ1v) is 6.44. The van der Waals surface area contributed by atoms with Crippen LogP contribution in [-0.4, -0.2) is 20.9 Å². The number of nitrogens with one attached hydrogen (secondary N) is 2. The molecule has 0 bridgehead atoms. The summed E-state index contributed by atoms with van der Waals surface area (Å²) in [5, 5.41) is 2.56. The van der Waals surface area contributed by atoms with Crippen molar-refractivity contribution in [3.05, 3.63) is 63.7 Å². The van der Waals surface area contributed by atoms with E-state index in [1.54, 1.807) is 18.2 Å². The van der Waals surface area contributed by atoms with Gasteiger partial charge in [0.05, 0.1) is 11.0 Å². The van der Waals surface area contributed by atoms with Gasteiger partial charge < -0.3 is 10.3 Å².